The maximum atomic E-state index is 11.2. The Bertz CT molecular complexity index is 393. The molecular weight excluding hydrogens is 220 g/mol. The van der Waals surface area contributed by atoms with Gasteiger partial charge < -0.3 is 14.5 Å². The Labute approximate surface area is 100 Å². The number of hydrogen-bond acceptors (Lipinski definition) is 5. The van der Waals surface area contributed by atoms with Gasteiger partial charge in [0, 0.05) is 32.5 Å². The Morgan fingerprint density at radius 1 is 1.47 bits per heavy atom. The molecule has 1 saturated heterocycles. The number of rotatable bonds is 4. The molecule has 0 saturated carbocycles. The number of carbonyl (C=O) groups excluding carboxylic acids is 1. The minimum Gasteiger partial charge on any atom is -0.448 e. The zero-order valence-corrected chi connectivity index (χ0v) is 10.1. The number of cyclic esters (lactones) is 1. The van der Waals surface area contributed by atoms with E-state index < -0.39 is 0 Å². The number of carbonyl (C=O) groups is 1. The van der Waals surface area contributed by atoms with Crippen LogP contribution in [0.3, 0.4) is 0 Å². The van der Waals surface area contributed by atoms with Gasteiger partial charge in [0.1, 0.15) is 6.61 Å². The lowest BCUT2D eigenvalue weighted by Gasteiger charge is -2.20. The fraction of sp³-hybridized carbons (Fsp3) is 0.545. The topological polar surface area (TPSA) is 58.6 Å². The molecular formula is C11H16N4O2. The van der Waals surface area contributed by atoms with E-state index >= 15 is 0 Å². The standard InChI is InChI=1S/C11H16N4O2/c1-9-7-12-10(13-8-9)14(2)3-4-15-5-6-17-11(15)16/h7-8H,3-6H2,1-2H3. The molecule has 92 valence electrons. The van der Waals surface area contributed by atoms with Crippen molar-refractivity contribution in [3.8, 4) is 0 Å². The van der Waals surface area contributed by atoms with Gasteiger partial charge in [0.15, 0.2) is 0 Å². The van der Waals surface area contributed by atoms with Crippen LogP contribution in [-0.2, 0) is 4.74 Å². The number of aromatic nitrogens is 2. The molecule has 0 spiro atoms. The van der Waals surface area contributed by atoms with E-state index in [9.17, 15) is 4.79 Å². The van der Waals surface area contributed by atoms with Gasteiger partial charge in [-0.1, -0.05) is 0 Å². The van der Waals surface area contributed by atoms with Crippen LogP contribution in [0.15, 0.2) is 12.4 Å². The van der Waals surface area contributed by atoms with Gasteiger partial charge in [0.2, 0.25) is 5.95 Å². The zero-order chi connectivity index (χ0) is 12.3. The molecule has 1 aromatic rings. The van der Waals surface area contributed by atoms with Crippen LogP contribution >= 0.6 is 0 Å². The molecule has 1 aromatic heterocycles. The van der Waals surface area contributed by atoms with E-state index in [0.717, 1.165) is 5.56 Å². The van der Waals surface area contributed by atoms with Crippen LogP contribution in [0, 0.1) is 6.92 Å². The van der Waals surface area contributed by atoms with Crippen molar-refractivity contribution in [3.05, 3.63) is 18.0 Å². The van der Waals surface area contributed by atoms with Crippen molar-refractivity contribution in [1.82, 2.24) is 14.9 Å². The smallest absolute Gasteiger partial charge is 0.409 e. The Kier molecular flexibility index (Phi) is 3.41. The summed E-state index contributed by atoms with van der Waals surface area (Å²) in [5, 5.41) is 0. The summed E-state index contributed by atoms with van der Waals surface area (Å²) in [5.74, 6) is 0.670. The molecule has 0 N–H and O–H groups in total. The summed E-state index contributed by atoms with van der Waals surface area (Å²) in [6.45, 7) is 4.43. The highest BCUT2D eigenvalue weighted by molar-refractivity contribution is 5.69. The summed E-state index contributed by atoms with van der Waals surface area (Å²) in [5.41, 5.74) is 1.03. The van der Waals surface area contributed by atoms with Crippen molar-refractivity contribution in [2.24, 2.45) is 0 Å². The number of aryl methyl sites for hydroxylation is 1. The lowest BCUT2D eigenvalue weighted by molar-refractivity contribution is 0.159. The van der Waals surface area contributed by atoms with Crippen molar-refractivity contribution in [2.75, 3.05) is 38.2 Å². The lowest BCUT2D eigenvalue weighted by Crippen LogP contribution is -2.34. The third kappa shape index (κ3) is 2.83. The molecule has 1 amide bonds. The summed E-state index contributed by atoms with van der Waals surface area (Å²) in [6, 6.07) is 0. The highest BCUT2D eigenvalue weighted by atomic mass is 16.6. The quantitative estimate of drug-likeness (QED) is 0.769. The van der Waals surface area contributed by atoms with E-state index in [-0.39, 0.29) is 6.09 Å². The van der Waals surface area contributed by atoms with Crippen molar-refractivity contribution in [1.29, 1.82) is 0 Å². The first-order chi connectivity index (χ1) is 8.16. The first kappa shape index (κ1) is 11.6. The van der Waals surface area contributed by atoms with Crippen molar-refractivity contribution >= 4 is 12.0 Å². The predicted molar refractivity (Wildman–Crippen MR) is 63.0 cm³/mol. The first-order valence-corrected chi connectivity index (χ1v) is 5.58. The molecule has 0 radical (unpaired) electrons. The van der Waals surface area contributed by atoms with E-state index in [4.69, 9.17) is 4.74 Å². The van der Waals surface area contributed by atoms with Gasteiger partial charge in [-0.3, -0.25) is 0 Å². The van der Waals surface area contributed by atoms with E-state index in [0.29, 0.717) is 32.2 Å². The van der Waals surface area contributed by atoms with Crippen molar-refractivity contribution in [3.63, 3.8) is 0 Å². The largest absolute Gasteiger partial charge is 0.448 e. The second-order valence-corrected chi connectivity index (χ2v) is 4.08. The van der Waals surface area contributed by atoms with Gasteiger partial charge >= 0.3 is 6.09 Å². The summed E-state index contributed by atoms with van der Waals surface area (Å²) in [7, 11) is 1.91. The zero-order valence-electron chi connectivity index (χ0n) is 10.1. The number of hydrogen-bond donors (Lipinski definition) is 0. The second kappa shape index (κ2) is 4.99. The number of anilines is 1. The molecule has 0 bridgehead atoms. The molecule has 17 heavy (non-hydrogen) atoms. The van der Waals surface area contributed by atoms with Crippen LogP contribution in [0.1, 0.15) is 5.56 Å². The highest BCUT2D eigenvalue weighted by Crippen LogP contribution is 2.06. The third-order valence-electron chi connectivity index (χ3n) is 2.66. The minimum absolute atomic E-state index is 0.233. The number of amides is 1. The Morgan fingerprint density at radius 3 is 2.76 bits per heavy atom. The molecule has 6 heteroatoms. The molecule has 0 atom stereocenters. The van der Waals surface area contributed by atoms with Gasteiger partial charge in [0.05, 0.1) is 6.54 Å². The molecule has 2 rings (SSSR count). The van der Waals surface area contributed by atoms with Gasteiger partial charge in [-0.25, -0.2) is 14.8 Å². The predicted octanol–water partition coefficient (Wildman–Crippen LogP) is 0.673. The Morgan fingerprint density at radius 2 is 2.18 bits per heavy atom. The van der Waals surface area contributed by atoms with Crippen LogP contribution in [0.25, 0.3) is 0 Å². The summed E-state index contributed by atoms with van der Waals surface area (Å²) in [6.07, 6.45) is 3.33. The normalized spacial score (nSPS) is 14.9. The fourth-order valence-electron chi connectivity index (χ4n) is 1.58. The third-order valence-corrected chi connectivity index (χ3v) is 2.66. The maximum absolute atomic E-state index is 11.2. The summed E-state index contributed by atoms with van der Waals surface area (Å²) < 4.78 is 4.86. The second-order valence-electron chi connectivity index (χ2n) is 4.08. The van der Waals surface area contributed by atoms with E-state index in [1.54, 1.807) is 17.3 Å². The van der Waals surface area contributed by atoms with Gasteiger partial charge in [-0.2, -0.15) is 0 Å². The first-order valence-electron chi connectivity index (χ1n) is 5.58. The monoisotopic (exact) mass is 236 g/mol. The highest BCUT2D eigenvalue weighted by Gasteiger charge is 2.21. The van der Waals surface area contributed by atoms with Gasteiger partial charge in [0.25, 0.3) is 0 Å². The summed E-state index contributed by atoms with van der Waals surface area (Å²) >= 11 is 0. The Balaban J connectivity index is 1.86. The Hall–Kier alpha value is -1.85. The van der Waals surface area contributed by atoms with Crippen LogP contribution in [0.4, 0.5) is 10.7 Å². The van der Waals surface area contributed by atoms with Crippen molar-refractivity contribution < 1.29 is 9.53 Å². The van der Waals surface area contributed by atoms with E-state index in [1.165, 1.54) is 0 Å². The number of likely N-dealkylation sites (N-methyl/N-ethyl adjacent to an activating group) is 1. The average Bonchev–Trinajstić information content (AvgIpc) is 2.73. The fourth-order valence-corrected chi connectivity index (χ4v) is 1.58. The number of nitrogens with zero attached hydrogens (tertiary/aromatic N) is 4. The van der Waals surface area contributed by atoms with Crippen molar-refractivity contribution in [2.45, 2.75) is 6.92 Å². The summed E-state index contributed by atoms with van der Waals surface area (Å²) in [4.78, 5) is 23.3. The SMILES string of the molecule is Cc1cnc(N(C)CCN2CCOC2=O)nc1. The van der Waals surface area contributed by atoms with Crippen LogP contribution in [-0.4, -0.2) is 54.2 Å². The molecule has 1 fully saturated rings. The van der Waals surface area contributed by atoms with Gasteiger partial charge in [-0.15, -0.1) is 0 Å². The molecule has 0 unspecified atom stereocenters. The van der Waals surface area contributed by atoms with Crippen LogP contribution in [0.2, 0.25) is 0 Å². The molecule has 0 aliphatic carbocycles. The number of ether oxygens (including phenoxy) is 1. The van der Waals surface area contributed by atoms with Crippen LogP contribution in [0.5, 0.6) is 0 Å². The minimum atomic E-state index is -0.233. The molecule has 0 aromatic carbocycles. The molecule has 1 aliphatic rings. The lowest BCUT2D eigenvalue weighted by atomic mass is 10.4. The van der Waals surface area contributed by atoms with Gasteiger partial charge in [-0.05, 0) is 12.5 Å². The van der Waals surface area contributed by atoms with Crippen LogP contribution < -0.4 is 4.90 Å². The molecule has 2 heterocycles. The van der Waals surface area contributed by atoms with E-state index in [1.807, 2.05) is 18.9 Å². The average molecular weight is 236 g/mol. The molecule has 6 nitrogen and oxygen atoms in total. The molecule has 1 aliphatic heterocycles. The maximum Gasteiger partial charge on any atom is 0.409 e. The van der Waals surface area contributed by atoms with E-state index in [2.05, 4.69) is 9.97 Å².